The van der Waals surface area contributed by atoms with Crippen LogP contribution in [-0.2, 0) is 9.16 Å². The molecule has 96 valence electrons. The van der Waals surface area contributed by atoms with Crippen LogP contribution in [0.1, 0.15) is 32.1 Å². The van der Waals surface area contributed by atoms with E-state index < -0.39 is 8.32 Å². The Morgan fingerprint density at radius 3 is 2.62 bits per heavy atom. The van der Waals surface area contributed by atoms with Gasteiger partial charge in [0, 0.05) is 22.1 Å². The molecule has 2 atom stereocenters. The van der Waals surface area contributed by atoms with Gasteiger partial charge in [-0.25, -0.2) is 0 Å². The molecule has 0 amide bonds. The van der Waals surface area contributed by atoms with Crippen molar-refractivity contribution in [1.82, 2.24) is 0 Å². The van der Waals surface area contributed by atoms with E-state index in [1.165, 1.54) is 19.3 Å². The Bertz CT molecular complexity index is 213. The number of hydrogen-bond donors (Lipinski definition) is 1. The highest BCUT2D eigenvalue weighted by Crippen LogP contribution is 2.28. The Morgan fingerprint density at radius 1 is 1.44 bits per heavy atom. The van der Waals surface area contributed by atoms with Crippen molar-refractivity contribution in [2.24, 2.45) is 0 Å². The zero-order valence-electron chi connectivity index (χ0n) is 11.1. The predicted molar refractivity (Wildman–Crippen MR) is 78.9 cm³/mol. The molecule has 1 fully saturated rings. The fraction of sp³-hybridized carbons (Fsp3) is 1.00. The monoisotopic (exact) mass is 278 g/mol. The molecule has 0 aromatic heterocycles. The zero-order chi connectivity index (χ0) is 12.2. The van der Waals surface area contributed by atoms with Crippen LogP contribution in [0.5, 0.6) is 0 Å². The van der Waals surface area contributed by atoms with Crippen molar-refractivity contribution in [1.29, 1.82) is 0 Å². The smallest absolute Gasteiger partial charge is 0.185 e. The molecule has 1 aliphatic rings. The molecule has 16 heavy (non-hydrogen) atoms. The summed E-state index contributed by atoms with van der Waals surface area (Å²) in [4.78, 5) is 0. The molecule has 2 unspecified atom stereocenters. The van der Waals surface area contributed by atoms with E-state index in [0.29, 0.717) is 0 Å². The van der Waals surface area contributed by atoms with Gasteiger partial charge < -0.3 is 9.16 Å². The average Bonchev–Trinajstić information content (AvgIpc) is 2.14. The van der Waals surface area contributed by atoms with E-state index in [2.05, 4.69) is 32.3 Å². The quantitative estimate of drug-likeness (QED) is 0.472. The molecular formula is C11H26O2SSi2. The maximum absolute atomic E-state index is 5.94. The Kier molecular flexibility index (Phi) is 5.58. The maximum atomic E-state index is 5.94. The van der Waals surface area contributed by atoms with Crippen molar-refractivity contribution in [3.8, 4) is 0 Å². The third kappa shape index (κ3) is 5.86. The lowest BCUT2D eigenvalue weighted by atomic mass is 10.0. The van der Waals surface area contributed by atoms with Crippen LogP contribution in [0.15, 0.2) is 0 Å². The van der Waals surface area contributed by atoms with Gasteiger partial charge in [0.2, 0.25) is 0 Å². The fourth-order valence-electron chi connectivity index (χ4n) is 2.08. The molecule has 0 aromatic rings. The highest BCUT2D eigenvalue weighted by molar-refractivity contribution is 7.80. The van der Waals surface area contributed by atoms with E-state index in [-0.39, 0.29) is 10.7 Å². The van der Waals surface area contributed by atoms with Crippen molar-refractivity contribution in [3.63, 3.8) is 0 Å². The van der Waals surface area contributed by atoms with Gasteiger partial charge >= 0.3 is 0 Å². The van der Waals surface area contributed by atoms with E-state index in [9.17, 15) is 0 Å². The molecule has 0 radical (unpaired) electrons. The zero-order valence-corrected chi connectivity index (χ0v) is 15.0. The summed E-state index contributed by atoms with van der Waals surface area (Å²) in [6.07, 6.45) is 5.96. The standard InChI is InChI=1S/C11H26O2SSi2/c1-16(2,3)13-10(14)6-8-11(15)7-4-5-9-12-11/h10,14H,4-9H2,1-3,15H3. The van der Waals surface area contributed by atoms with Crippen molar-refractivity contribution in [2.45, 2.75) is 62.4 Å². The molecule has 5 heteroatoms. The Labute approximate surface area is 109 Å². The summed E-state index contributed by atoms with van der Waals surface area (Å²) in [6.45, 7) is 7.59. The maximum Gasteiger partial charge on any atom is 0.185 e. The summed E-state index contributed by atoms with van der Waals surface area (Å²) in [6, 6.07) is 0. The summed E-state index contributed by atoms with van der Waals surface area (Å²) >= 11 is 4.53. The molecule has 0 spiro atoms. The van der Waals surface area contributed by atoms with Crippen LogP contribution in [0.4, 0.5) is 0 Å². The van der Waals surface area contributed by atoms with Crippen LogP contribution in [0, 0.1) is 0 Å². The van der Waals surface area contributed by atoms with Crippen molar-refractivity contribution >= 4 is 31.2 Å². The Morgan fingerprint density at radius 2 is 2.12 bits per heavy atom. The minimum atomic E-state index is -1.44. The van der Waals surface area contributed by atoms with Crippen molar-refractivity contribution in [2.75, 3.05) is 6.61 Å². The molecule has 0 bridgehead atoms. The van der Waals surface area contributed by atoms with Crippen molar-refractivity contribution in [3.05, 3.63) is 0 Å². The number of ether oxygens (including phenoxy) is 1. The minimum absolute atomic E-state index is 0.100. The molecule has 0 saturated carbocycles. The van der Waals surface area contributed by atoms with Gasteiger partial charge in [-0.3, -0.25) is 0 Å². The summed E-state index contributed by atoms with van der Waals surface area (Å²) in [7, 11) is -0.310. The van der Waals surface area contributed by atoms with Gasteiger partial charge in [0.05, 0.1) is 5.44 Å². The molecule has 1 saturated heterocycles. The lowest BCUT2D eigenvalue weighted by Gasteiger charge is -2.35. The van der Waals surface area contributed by atoms with Gasteiger partial charge in [-0.05, 0) is 51.7 Å². The van der Waals surface area contributed by atoms with Gasteiger partial charge in [0.25, 0.3) is 0 Å². The molecule has 1 aliphatic heterocycles. The van der Waals surface area contributed by atoms with E-state index in [1.54, 1.807) is 0 Å². The number of hydrogen-bond acceptors (Lipinski definition) is 3. The molecule has 0 N–H and O–H groups in total. The van der Waals surface area contributed by atoms with Gasteiger partial charge in [-0.15, -0.1) is 12.6 Å². The molecule has 0 aliphatic carbocycles. The van der Waals surface area contributed by atoms with Crippen LogP contribution in [0.25, 0.3) is 0 Å². The van der Waals surface area contributed by atoms with Gasteiger partial charge in [0.1, 0.15) is 0 Å². The summed E-state index contributed by atoms with van der Waals surface area (Å²) < 4.78 is 11.9. The van der Waals surface area contributed by atoms with E-state index >= 15 is 0 Å². The number of rotatable bonds is 5. The third-order valence-corrected chi connectivity index (χ3v) is 5.80. The second-order valence-corrected chi connectivity index (χ2v) is 12.8. The first-order chi connectivity index (χ1) is 7.31. The van der Waals surface area contributed by atoms with Gasteiger partial charge in [-0.2, -0.15) is 0 Å². The topological polar surface area (TPSA) is 18.5 Å². The van der Waals surface area contributed by atoms with Crippen LogP contribution in [0.2, 0.25) is 19.6 Å². The van der Waals surface area contributed by atoms with Crippen LogP contribution >= 0.6 is 12.6 Å². The Hall–Kier alpha value is 0.704. The largest absolute Gasteiger partial charge is 0.406 e. The van der Waals surface area contributed by atoms with E-state index in [0.717, 1.165) is 29.7 Å². The summed E-state index contributed by atoms with van der Waals surface area (Å²) in [5.74, 6) is 0. The highest BCUT2D eigenvalue weighted by atomic mass is 32.1. The second-order valence-electron chi connectivity index (χ2n) is 5.98. The van der Waals surface area contributed by atoms with Crippen LogP contribution in [0.3, 0.4) is 0 Å². The van der Waals surface area contributed by atoms with Crippen LogP contribution in [-0.4, -0.2) is 35.8 Å². The SMILES string of the molecule is C[Si](C)(C)OC(S)CCC1([SiH3])CCCCO1. The van der Waals surface area contributed by atoms with Crippen molar-refractivity contribution < 1.29 is 9.16 Å². The molecule has 1 heterocycles. The minimum Gasteiger partial charge on any atom is -0.406 e. The summed E-state index contributed by atoms with van der Waals surface area (Å²) in [5, 5.41) is 0.210. The molecule has 1 rings (SSSR count). The van der Waals surface area contributed by atoms with Gasteiger partial charge in [-0.1, -0.05) is 0 Å². The molecule has 0 aromatic carbocycles. The normalized spacial score (nSPS) is 29.2. The third-order valence-electron chi connectivity index (χ3n) is 2.96. The summed E-state index contributed by atoms with van der Waals surface area (Å²) in [5.41, 5.74) is 0.100. The fourth-order valence-corrected chi connectivity index (χ4v) is 4.94. The first-order valence-electron chi connectivity index (χ1n) is 6.31. The second kappa shape index (κ2) is 6.04. The first kappa shape index (κ1) is 14.8. The average molecular weight is 279 g/mol. The Balaban J connectivity index is 2.27. The van der Waals surface area contributed by atoms with Crippen LogP contribution < -0.4 is 0 Å². The highest BCUT2D eigenvalue weighted by Gasteiger charge is 2.28. The number of thiol groups is 1. The molecular weight excluding hydrogens is 252 g/mol. The predicted octanol–water partition coefficient (Wildman–Crippen LogP) is 2.14. The lowest BCUT2D eigenvalue weighted by molar-refractivity contribution is -0.0263. The first-order valence-corrected chi connectivity index (χ1v) is 11.2. The van der Waals surface area contributed by atoms with E-state index in [4.69, 9.17) is 9.16 Å². The van der Waals surface area contributed by atoms with E-state index in [1.807, 2.05) is 0 Å². The lowest BCUT2D eigenvalue weighted by Crippen LogP contribution is -2.38. The molecule has 2 nitrogen and oxygen atoms in total. The van der Waals surface area contributed by atoms with Gasteiger partial charge in [0.15, 0.2) is 8.32 Å².